The van der Waals surface area contributed by atoms with Crippen LogP contribution in [0.4, 0.5) is 13.2 Å². The average molecular weight is 326 g/mol. The Morgan fingerprint density at radius 3 is 2.61 bits per heavy atom. The van der Waals surface area contributed by atoms with Crippen molar-refractivity contribution >= 4 is 6.29 Å². The molecule has 0 amide bonds. The molecule has 0 unspecified atom stereocenters. The third kappa shape index (κ3) is 3.09. The molecular formula is C14H13F3N4O2. The summed E-state index contributed by atoms with van der Waals surface area (Å²) in [5, 5.41) is 6.69. The van der Waals surface area contributed by atoms with Crippen LogP contribution in [0.2, 0.25) is 0 Å². The van der Waals surface area contributed by atoms with Crippen LogP contribution in [0.5, 0.6) is 0 Å². The van der Waals surface area contributed by atoms with Crippen LogP contribution in [0, 0.1) is 0 Å². The summed E-state index contributed by atoms with van der Waals surface area (Å²) >= 11 is 0. The van der Waals surface area contributed by atoms with E-state index in [1.54, 1.807) is 6.07 Å². The van der Waals surface area contributed by atoms with Crippen molar-refractivity contribution in [1.29, 1.82) is 0 Å². The van der Waals surface area contributed by atoms with Gasteiger partial charge in [0.1, 0.15) is 5.69 Å². The molecule has 9 heteroatoms. The summed E-state index contributed by atoms with van der Waals surface area (Å²) < 4.78 is 43.5. The fraction of sp³-hybridized carbons (Fsp3) is 0.429. The first-order chi connectivity index (χ1) is 11.0. The van der Waals surface area contributed by atoms with Crippen molar-refractivity contribution in [2.24, 2.45) is 0 Å². The third-order valence-corrected chi connectivity index (χ3v) is 3.78. The minimum Gasteiger partial charge on any atom is -0.381 e. The Labute approximate surface area is 129 Å². The fourth-order valence-electron chi connectivity index (χ4n) is 2.69. The number of H-pyrrole nitrogens is 1. The number of aromatic amines is 1. The minimum atomic E-state index is -4.63. The zero-order valence-corrected chi connectivity index (χ0v) is 11.9. The van der Waals surface area contributed by atoms with Crippen molar-refractivity contribution in [3.8, 4) is 11.4 Å². The Kier molecular flexibility index (Phi) is 4.12. The number of rotatable bonds is 3. The molecule has 6 nitrogen and oxygen atoms in total. The Bertz CT molecular complexity index is 708. The SMILES string of the molecule is O=Cc1nccc(C2CCOCC2)c1-c1nnc(C(F)(F)F)[nH]1. The molecule has 1 aliphatic heterocycles. The van der Waals surface area contributed by atoms with Crippen LogP contribution in [0.25, 0.3) is 11.4 Å². The van der Waals surface area contributed by atoms with E-state index in [0.717, 1.165) is 18.4 Å². The van der Waals surface area contributed by atoms with Crippen LogP contribution < -0.4 is 0 Å². The molecule has 2 aromatic rings. The van der Waals surface area contributed by atoms with Crippen LogP contribution in [0.15, 0.2) is 12.3 Å². The summed E-state index contributed by atoms with van der Waals surface area (Å²) in [6.07, 6.45) is -1.22. The van der Waals surface area contributed by atoms with Crippen molar-refractivity contribution in [2.75, 3.05) is 13.2 Å². The van der Waals surface area contributed by atoms with Crippen LogP contribution in [0.1, 0.15) is 40.6 Å². The largest absolute Gasteiger partial charge is 0.451 e. The van der Waals surface area contributed by atoms with Crippen molar-refractivity contribution in [2.45, 2.75) is 24.9 Å². The quantitative estimate of drug-likeness (QED) is 0.877. The number of alkyl halides is 3. The van der Waals surface area contributed by atoms with Gasteiger partial charge in [0.05, 0.1) is 5.56 Å². The molecule has 1 aliphatic rings. The van der Waals surface area contributed by atoms with E-state index in [2.05, 4.69) is 20.2 Å². The zero-order valence-electron chi connectivity index (χ0n) is 11.9. The van der Waals surface area contributed by atoms with E-state index in [9.17, 15) is 18.0 Å². The van der Waals surface area contributed by atoms with E-state index in [1.165, 1.54) is 6.20 Å². The number of nitrogens with one attached hydrogen (secondary N) is 1. The molecule has 0 spiro atoms. The van der Waals surface area contributed by atoms with Gasteiger partial charge in [0.2, 0.25) is 5.82 Å². The topological polar surface area (TPSA) is 80.8 Å². The molecule has 3 heterocycles. The Morgan fingerprint density at radius 2 is 2.00 bits per heavy atom. The molecular weight excluding hydrogens is 313 g/mol. The summed E-state index contributed by atoms with van der Waals surface area (Å²) in [5.74, 6) is -1.24. The number of ether oxygens (including phenoxy) is 1. The van der Waals surface area contributed by atoms with Gasteiger partial charge in [0.15, 0.2) is 12.1 Å². The number of hydrogen-bond acceptors (Lipinski definition) is 5. The van der Waals surface area contributed by atoms with Crippen LogP contribution >= 0.6 is 0 Å². The molecule has 0 bridgehead atoms. The normalized spacial score (nSPS) is 16.5. The second-order valence-corrected chi connectivity index (χ2v) is 5.18. The van der Waals surface area contributed by atoms with E-state index in [4.69, 9.17) is 4.74 Å². The second kappa shape index (κ2) is 6.07. The van der Waals surface area contributed by atoms with Gasteiger partial charge in [-0.25, -0.2) is 0 Å². The fourth-order valence-corrected chi connectivity index (χ4v) is 2.69. The molecule has 0 aliphatic carbocycles. The zero-order chi connectivity index (χ0) is 16.4. The average Bonchev–Trinajstić information content (AvgIpc) is 3.05. The Balaban J connectivity index is 2.09. The standard InChI is InChI=1S/C14H13F3N4O2/c15-14(16,17)13-19-12(20-21-13)11-9(1-4-18-10(11)7-22)8-2-5-23-6-3-8/h1,4,7-8H,2-3,5-6H2,(H,19,20,21). The number of hydrogen-bond donors (Lipinski definition) is 1. The number of carbonyl (C=O) groups is 1. The Morgan fingerprint density at radius 1 is 1.26 bits per heavy atom. The van der Waals surface area contributed by atoms with Crippen molar-refractivity contribution in [3.63, 3.8) is 0 Å². The number of halogens is 3. The lowest BCUT2D eigenvalue weighted by atomic mass is 9.88. The molecule has 0 aromatic carbocycles. The lowest BCUT2D eigenvalue weighted by Gasteiger charge is -2.24. The summed E-state index contributed by atoms with van der Waals surface area (Å²) in [6, 6.07) is 1.70. The van der Waals surface area contributed by atoms with Gasteiger partial charge in [0.25, 0.3) is 0 Å². The highest BCUT2D eigenvalue weighted by Gasteiger charge is 2.36. The maximum Gasteiger partial charge on any atom is 0.451 e. The first-order valence-corrected chi connectivity index (χ1v) is 7.02. The highest BCUT2D eigenvalue weighted by Crippen LogP contribution is 2.35. The minimum absolute atomic E-state index is 0.0406. The summed E-state index contributed by atoms with van der Waals surface area (Å²) in [6.45, 7) is 1.13. The predicted molar refractivity (Wildman–Crippen MR) is 72.8 cm³/mol. The van der Waals surface area contributed by atoms with Gasteiger partial charge in [0, 0.05) is 19.4 Å². The third-order valence-electron chi connectivity index (χ3n) is 3.78. The number of pyridine rings is 1. The molecule has 2 aromatic heterocycles. The van der Waals surface area contributed by atoms with E-state index in [-0.39, 0.29) is 23.0 Å². The van der Waals surface area contributed by atoms with Gasteiger partial charge in [-0.2, -0.15) is 13.2 Å². The van der Waals surface area contributed by atoms with Gasteiger partial charge >= 0.3 is 6.18 Å². The van der Waals surface area contributed by atoms with E-state index in [1.807, 2.05) is 0 Å². The van der Waals surface area contributed by atoms with Gasteiger partial charge in [-0.05, 0) is 30.4 Å². The molecule has 0 radical (unpaired) electrons. The maximum absolute atomic E-state index is 12.7. The van der Waals surface area contributed by atoms with Gasteiger partial charge in [-0.1, -0.05) is 0 Å². The lowest BCUT2D eigenvalue weighted by Crippen LogP contribution is -2.16. The Hall–Kier alpha value is -2.29. The van der Waals surface area contributed by atoms with E-state index >= 15 is 0 Å². The molecule has 3 rings (SSSR count). The summed E-state index contributed by atoms with van der Waals surface area (Å²) in [7, 11) is 0. The van der Waals surface area contributed by atoms with Gasteiger partial charge in [-0.15, -0.1) is 10.2 Å². The number of aldehydes is 1. The van der Waals surface area contributed by atoms with Crippen LogP contribution in [-0.4, -0.2) is 39.7 Å². The predicted octanol–water partition coefficient (Wildman–Crippen LogP) is 2.59. The highest BCUT2D eigenvalue weighted by molar-refractivity contribution is 5.84. The van der Waals surface area contributed by atoms with Crippen LogP contribution in [0.3, 0.4) is 0 Å². The van der Waals surface area contributed by atoms with Crippen molar-refractivity contribution < 1.29 is 22.7 Å². The smallest absolute Gasteiger partial charge is 0.381 e. The highest BCUT2D eigenvalue weighted by atomic mass is 19.4. The first kappa shape index (κ1) is 15.6. The monoisotopic (exact) mass is 326 g/mol. The second-order valence-electron chi connectivity index (χ2n) is 5.18. The molecule has 1 N–H and O–H groups in total. The van der Waals surface area contributed by atoms with Crippen LogP contribution in [-0.2, 0) is 10.9 Å². The molecule has 0 atom stereocenters. The summed E-state index contributed by atoms with van der Waals surface area (Å²) in [5.41, 5.74) is 1.05. The number of carbonyl (C=O) groups excluding carboxylic acids is 1. The molecule has 1 saturated heterocycles. The summed E-state index contributed by atoms with van der Waals surface area (Å²) in [4.78, 5) is 17.3. The number of aromatic nitrogens is 4. The van der Waals surface area contributed by atoms with Gasteiger partial charge < -0.3 is 9.72 Å². The maximum atomic E-state index is 12.7. The molecule has 122 valence electrons. The number of nitrogens with zero attached hydrogens (tertiary/aromatic N) is 3. The van der Waals surface area contributed by atoms with Crippen molar-refractivity contribution in [3.05, 3.63) is 29.3 Å². The molecule has 23 heavy (non-hydrogen) atoms. The molecule has 1 fully saturated rings. The van der Waals surface area contributed by atoms with Crippen molar-refractivity contribution in [1.82, 2.24) is 20.2 Å². The molecule has 0 saturated carbocycles. The van der Waals surface area contributed by atoms with Gasteiger partial charge in [-0.3, -0.25) is 9.78 Å². The van der Waals surface area contributed by atoms with E-state index < -0.39 is 12.0 Å². The van der Waals surface area contributed by atoms with E-state index in [0.29, 0.717) is 19.5 Å². The lowest BCUT2D eigenvalue weighted by molar-refractivity contribution is -0.144. The first-order valence-electron chi connectivity index (χ1n) is 7.02.